The van der Waals surface area contributed by atoms with Crippen molar-refractivity contribution in [3.63, 3.8) is 0 Å². The number of hydrogen-bond acceptors (Lipinski definition) is 1. The summed E-state index contributed by atoms with van der Waals surface area (Å²) in [5.74, 6) is -0.323. The summed E-state index contributed by atoms with van der Waals surface area (Å²) in [4.78, 5) is 11.8. The van der Waals surface area contributed by atoms with Gasteiger partial charge in [-0.15, -0.1) is 0 Å². The first-order chi connectivity index (χ1) is 7.20. The van der Waals surface area contributed by atoms with Crippen LogP contribution in [0.3, 0.4) is 0 Å². The third-order valence-electron chi connectivity index (χ3n) is 2.91. The summed E-state index contributed by atoms with van der Waals surface area (Å²) in [5, 5.41) is 2.77. The molecule has 15 heavy (non-hydrogen) atoms. The van der Waals surface area contributed by atoms with Gasteiger partial charge in [-0.1, -0.05) is 18.2 Å². The summed E-state index contributed by atoms with van der Waals surface area (Å²) in [6, 6.07) is 6.54. The summed E-state index contributed by atoms with van der Waals surface area (Å²) >= 11 is 0. The SMILES string of the molecule is CCNC(=O)C1(c2ccccc2F)CC1. The average Bonchev–Trinajstić information content (AvgIpc) is 3.00. The average molecular weight is 207 g/mol. The Morgan fingerprint density at radius 1 is 1.47 bits per heavy atom. The predicted molar refractivity (Wildman–Crippen MR) is 56.0 cm³/mol. The van der Waals surface area contributed by atoms with Crippen LogP contribution in [0.1, 0.15) is 25.3 Å². The third kappa shape index (κ3) is 1.62. The van der Waals surface area contributed by atoms with E-state index in [1.807, 2.05) is 6.92 Å². The zero-order valence-electron chi connectivity index (χ0n) is 8.72. The molecule has 1 fully saturated rings. The molecule has 0 bridgehead atoms. The van der Waals surface area contributed by atoms with Crippen molar-refractivity contribution in [1.29, 1.82) is 0 Å². The molecule has 2 rings (SSSR count). The fraction of sp³-hybridized carbons (Fsp3) is 0.417. The van der Waals surface area contributed by atoms with Gasteiger partial charge in [-0.25, -0.2) is 4.39 Å². The van der Waals surface area contributed by atoms with E-state index in [4.69, 9.17) is 0 Å². The minimum atomic E-state index is -0.582. The monoisotopic (exact) mass is 207 g/mol. The van der Waals surface area contributed by atoms with E-state index in [1.54, 1.807) is 18.2 Å². The highest BCUT2D eigenvalue weighted by atomic mass is 19.1. The van der Waals surface area contributed by atoms with Crippen molar-refractivity contribution in [3.05, 3.63) is 35.6 Å². The van der Waals surface area contributed by atoms with Gasteiger partial charge in [-0.05, 0) is 25.8 Å². The molecule has 0 spiro atoms. The van der Waals surface area contributed by atoms with Crippen molar-refractivity contribution in [2.45, 2.75) is 25.2 Å². The Morgan fingerprint density at radius 2 is 2.13 bits per heavy atom. The lowest BCUT2D eigenvalue weighted by atomic mass is 9.94. The topological polar surface area (TPSA) is 29.1 Å². The van der Waals surface area contributed by atoms with Crippen LogP contribution in [-0.2, 0) is 10.2 Å². The Bertz CT molecular complexity index is 385. The minimum Gasteiger partial charge on any atom is -0.356 e. The van der Waals surface area contributed by atoms with Crippen molar-refractivity contribution < 1.29 is 9.18 Å². The maximum atomic E-state index is 13.5. The van der Waals surface area contributed by atoms with Gasteiger partial charge >= 0.3 is 0 Å². The van der Waals surface area contributed by atoms with Crippen molar-refractivity contribution >= 4 is 5.91 Å². The van der Waals surface area contributed by atoms with Crippen molar-refractivity contribution in [3.8, 4) is 0 Å². The lowest BCUT2D eigenvalue weighted by Crippen LogP contribution is -2.35. The highest BCUT2D eigenvalue weighted by Crippen LogP contribution is 2.49. The Labute approximate surface area is 88.5 Å². The highest BCUT2D eigenvalue weighted by Gasteiger charge is 2.52. The van der Waals surface area contributed by atoms with Gasteiger partial charge in [-0.3, -0.25) is 4.79 Å². The molecule has 80 valence electrons. The molecule has 0 unspecified atom stereocenters. The molecule has 1 saturated carbocycles. The first kappa shape index (κ1) is 10.1. The number of nitrogens with one attached hydrogen (secondary N) is 1. The quantitative estimate of drug-likeness (QED) is 0.807. The van der Waals surface area contributed by atoms with E-state index in [-0.39, 0.29) is 11.7 Å². The zero-order valence-corrected chi connectivity index (χ0v) is 8.72. The van der Waals surface area contributed by atoms with Crippen LogP contribution in [0.2, 0.25) is 0 Å². The van der Waals surface area contributed by atoms with Crippen LogP contribution in [0.25, 0.3) is 0 Å². The molecule has 3 heteroatoms. The third-order valence-corrected chi connectivity index (χ3v) is 2.91. The standard InChI is InChI=1S/C12H14FNO/c1-2-14-11(15)12(7-8-12)9-5-3-4-6-10(9)13/h3-6H,2,7-8H2,1H3,(H,14,15). The maximum Gasteiger partial charge on any atom is 0.230 e. The van der Waals surface area contributed by atoms with Gasteiger partial charge in [0.25, 0.3) is 0 Å². The molecule has 2 nitrogen and oxygen atoms in total. The van der Waals surface area contributed by atoms with Gasteiger partial charge in [-0.2, -0.15) is 0 Å². The molecule has 0 aromatic heterocycles. The Hall–Kier alpha value is -1.38. The molecule has 0 atom stereocenters. The van der Waals surface area contributed by atoms with E-state index in [0.717, 1.165) is 12.8 Å². The zero-order chi connectivity index (χ0) is 10.9. The molecular formula is C12H14FNO. The minimum absolute atomic E-state index is 0.0462. The molecule has 1 aromatic rings. The van der Waals surface area contributed by atoms with Crippen molar-refractivity contribution in [2.75, 3.05) is 6.54 Å². The summed E-state index contributed by atoms with van der Waals surface area (Å²) in [7, 11) is 0. The Balaban J connectivity index is 2.31. The summed E-state index contributed by atoms with van der Waals surface area (Å²) in [5.41, 5.74) is -0.0441. The van der Waals surface area contributed by atoms with Gasteiger partial charge in [0.05, 0.1) is 5.41 Å². The van der Waals surface area contributed by atoms with Crippen LogP contribution >= 0.6 is 0 Å². The Kier molecular flexibility index (Phi) is 2.47. The van der Waals surface area contributed by atoms with Gasteiger partial charge in [0.15, 0.2) is 0 Å². The van der Waals surface area contributed by atoms with Gasteiger partial charge in [0, 0.05) is 12.1 Å². The van der Waals surface area contributed by atoms with E-state index in [1.165, 1.54) is 6.07 Å². The van der Waals surface area contributed by atoms with Crippen LogP contribution < -0.4 is 5.32 Å². The lowest BCUT2D eigenvalue weighted by Gasteiger charge is -2.15. The number of hydrogen-bond donors (Lipinski definition) is 1. The molecule has 0 heterocycles. The summed E-state index contributed by atoms with van der Waals surface area (Å²) in [6.45, 7) is 2.46. The second-order valence-corrected chi connectivity index (χ2v) is 3.92. The van der Waals surface area contributed by atoms with Crippen LogP contribution in [0.15, 0.2) is 24.3 Å². The van der Waals surface area contributed by atoms with Gasteiger partial charge in [0.1, 0.15) is 5.82 Å². The lowest BCUT2D eigenvalue weighted by molar-refractivity contribution is -0.123. The normalized spacial score (nSPS) is 17.2. The van der Waals surface area contributed by atoms with Gasteiger partial charge in [0.2, 0.25) is 5.91 Å². The molecule has 1 N–H and O–H groups in total. The Morgan fingerprint density at radius 3 is 2.67 bits per heavy atom. The van der Waals surface area contributed by atoms with E-state index in [2.05, 4.69) is 5.32 Å². The van der Waals surface area contributed by atoms with E-state index < -0.39 is 5.41 Å². The number of benzene rings is 1. The summed E-state index contributed by atoms with van der Waals surface area (Å²) < 4.78 is 13.5. The van der Waals surface area contributed by atoms with Crippen LogP contribution in [0.4, 0.5) is 4.39 Å². The van der Waals surface area contributed by atoms with Gasteiger partial charge < -0.3 is 5.32 Å². The number of rotatable bonds is 3. The molecule has 1 amide bonds. The van der Waals surface area contributed by atoms with Crippen LogP contribution in [0, 0.1) is 5.82 Å². The van der Waals surface area contributed by atoms with Crippen molar-refractivity contribution in [2.24, 2.45) is 0 Å². The smallest absolute Gasteiger partial charge is 0.230 e. The first-order valence-electron chi connectivity index (χ1n) is 5.24. The molecule has 0 aliphatic heterocycles. The predicted octanol–water partition coefficient (Wildman–Crippen LogP) is 1.99. The van der Waals surface area contributed by atoms with E-state index in [0.29, 0.717) is 12.1 Å². The molecule has 1 aliphatic carbocycles. The largest absolute Gasteiger partial charge is 0.356 e. The number of carbonyl (C=O) groups is 1. The second kappa shape index (κ2) is 3.65. The number of likely N-dealkylation sites (N-methyl/N-ethyl adjacent to an activating group) is 1. The highest BCUT2D eigenvalue weighted by molar-refractivity contribution is 5.91. The first-order valence-corrected chi connectivity index (χ1v) is 5.24. The summed E-state index contributed by atoms with van der Waals surface area (Å²) in [6.07, 6.45) is 1.50. The molecular weight excluding hydrogens is 193 g/mol. The fourth-order valence-corrected chi connectivity index (χ4v) is 1.92. The molecule has 1 aromatic carbocycles. The van der Waals surface area contributed by atoms with E-state index in [9.17, 15) is 9.18 Å². The maximum absolute atomic E-state index is 13.5. The van der Waals surface area contributed by atoms with Crippen LogP contribution in [0.5, 0.6) is 0 Å². The molecule has 0 saturated heterocycles. The second-order valence-electron chi connectivity index (χ2n) is 3.92. The molecule has 0 radical (unpaired) electrons. The number of carbonyl (C=O) groups excluding carboxylic acids is 1. The number of amides is 1. The fourth-order valence-electron chi connectivity index (χ4n) is 1.92. The van der Waals surface area contributed by atoms with Crippen molar-refractivity contribution in [1.82, 2.24) is 5.32 Å². The number of halogens is 1. The van der Waals surface area contributed by atoms with E-state index >= 15 is 0 Å². The molecule has 1 aliphatic rings. The van der Waals surface area contributed by atoms with Crippen LogP contribution in [-0.4, -0.2) is 12.5 Å².